The maximum absolute atomic E-state index is 10.7. The second-order valence-corrected chi connectivity index (χ2v) is 3.69. The molecule has 0 aromatic carbocycles. The molecule has 2 aromatic rings. The largest absolute Gasteiger partial charge is 1.00 e. The predicted octanol–water partition coefficient (Wildman–Crippen LogP) is -4.52. The first-order chi connectivity index (χ1) is 8.20. The lowest BCUT2D eigenvalue weighted by atomic mass is 10.1. The summed E-state index contributed by atoms with van der Waals surface area (Å²) in [4.78, 5) is 10.7. The molecule has 0 bridgehead atoms. The van der Waals surface area contributed by atoms with Gasteiger partial charge in [0.25, 0.3) is 0 Å². The van der Waals surface area contributed by atoms with Crippen molar-refractivity contribution < 1.29 is 43.8 Å². The highest BCUT2D eigenvalue weighted by Gasteiger charge is 2.10. The topological polar surface area (TPSA) is 45.1 Å². The number of carbonyl (C=O) groups is 1. The summed E-state index contributed by atoms with van der Waals surface area (Å²) in [5, 5.41) is 8.77. The van der Waals surface area contributed by atoms with E-state index in [9.17, 15) is 4.79 Å². The molecular weight excluding hydrogens is 287 g/mol. The van der Waals surface area contributed by atoms with E-state index in [0.29, 0.717) is 0 Å². The van der Waals surface area contributed by atoms with E-state index in [1.807, 2.05) is 24.5 Å². The fourth-order valence-corrected chi connectivity index (χ4v) is 1.61. The van der Waals surface area contributed by atoms with Crippen LogP contribution in [0.25, 0.3) is 11.1 Å². The molecule has 2 rings (SSSR count). The van der Waals surface area contributed by atoms with E-state index in [1.165, 1.54) is 0 Å². The average molecular weight is 301 g/mol. The Morgan fingerprint density at radius 2 is 1.42 bits per heavy atom. The predicted molar refractivity (Wildman–Crippen MR) is 61.4 cm³/mol. The lowest BCUT2D eigenvalue weighted by Gasteiger charge is -1.98. The molecule has 0 fully saturated rings. The Balaban J connectivity index is 0.00000162. The summed E-state index contributed by atoms with van der Waals surface area (Å²) in [6.07, 6.45) is 6.12. The lowest BCUT2D eigenvalue weighted by molar-refractivity contribution is -0.693. The molecule has 0 aliphatic carbocycles. The van der Waals surface area contributed by atoms with Gasteiger partial charge in [-0.2, -0.15) is 4.79 Å². The van der Waals surface area contributed by atoms with E-state index in [0.717, 1.165) is 22.2 Å². The molecule has 0 aliphatic rings. The van der Waals surface area contributed by atoms with Gasteiger partial charge in [0.1, 0.15) is 6.54 Å². The smallest absolute Gasteiger partial charge is 0.599 e. The van der Waals surface area contributed by atoms with E-state index in [4.69, 9.17) is 5.11 Å². The number of nitrogens with zero attached hydrogens (tertiary/aromatic N) is 2. The van der Waals surface area contributed by atoms with Crippen LogP contribution >= 0.6 is 0 Å². The van der Waals surface area contributed by atoms with Gasteiger partial charge in [-0.3, -0.25) is 0 Å². The molecule has 19 heavy (non-hydrogen) atoms. The number of aromatic nitrogens is 2. The monoisotopic (exact) mass is 300 g/mol. The molecule has 1 N–H and O–H groups in total. The number of halogens is 2. The van der Waals surface area contributed by atoms with E-state index in [-0.39, 0.29) is 24.8 Å². The minimum atomic E-state index is -0.978. The van der Waals surface area contributed by atoms with Crippen LogP contribution in [-0.2, 0) is 6.54 Å². The van der Waals surface area contributed by atoms with Crippen molar-refractivity contribution in [2.45, 2.75) is 13.5 Å². The average Bonchev–Trinajstić information content (AvgIpc) is 2.39. The third kappa shape index (κ3) is 4.19. The van der Waals surface area contributed by atoms with E-state index >= 15 is 0 Å². The molecule has 102 valence electrons. The second-order valence-electron chi connectivity index (χ2n) is 3.69. The van der Waals surface area contributed by atoms with Crippen LogP contribution < -0.4 is 33.9 Å². The number of aryl methyl sites for hydroxylation is 1. The van der Waals surface area contributed by atoms with Crippen molar-refractivity contribution in [1.82, 2.24) is 0 Å². The van der Waals surface area contributed by atoms with E-state index in [2.05, 4.69) is 11.5 Å². The molecule has 6 heteroatoms. The van der Waals surface area contributed by atoms with Crippen molar-refractivity contribution in [1.29, 1.82) is 0 Å². The standard InChI is InChI=1S/C13H13N2O2.2ClH/c1-2-14-7-3-11(4-8-14)12-5-9-15(10-6-12)13(16)17;;/h3-10H,2H2,1H3;2*1H/q+1;;/p-1. The molecule has 0 atom stereocenters. The molecule has 0 aliphatic heterocycles. The molecule has 0 spiro atoms. The second kappa shape index (κ2) is 7.71. The zero-order valence-corrected chi connectivity index (χ0v) is 11.8. The Morgan fingerprint density at radius 3 is 1.79 bits per heavy atom. The van der Waals surface area contributed by atoms with Crippen LogP contribution in [-0.4, -0.2) is 11.2 Å². The molecule has 0 saturated carbocycles. The quantitative estimate of drug-likeness (QED) is 0.568. The number of rotatable bonds is 2. The Hall–Kier alpha value is -1.65. The van der Waals surface area contributed by atoms with Gasteiger partial charge in [-0.05, 0) is 18.1 Å². The molecule has 2 aromatic heterocycles. The number of hydrogen-bond donors (Lipinski definition) is 1. The molecule has 4 nitrogen and oxygen atoms in total. The summed E-state index contributed by atoms with van der Waals surface area (Å²) in [6.45, 7) is 3.02. The highest BCUT2D eigenvalue weighted by Crippen LogP contribution is 2.15. The Kier molecular flexibility index (Phi) is 7.04. The van der Waals surface area contributed by atoms with Crippen molar-refractivity contribution in [3.8, 4) is 11.1 Å². The van der Waals surface area contributed by atoms with Gasteiger partial charge in [-0.1, -0.05) is 4.57 Å². The van der Waals surface area contributed by atoms with Crippen LogP contribution in [0.15, 0.2) is 49.1 Å². The van der Waals surface area contributed by atoms with E-state index in [1.54, 1.807) is 24.5 Å². The van der Waals surface area contributed by atoms with Crippen LogP contribution in [0.4, 0.5) is 4.79 Å². The third-order valence-electron chi connectivity index (χ3n) is 2.64. The molecule has 0 unspecified atom stereocenters. The van der Waals surface area contributed by atoms with E-state index < -0.39 is 6.09 Å². The first kappa shape index (κ1) is 17.4. The lowest BCUT2D eigenvalue weighted by Crippen LogP contribution is -3.00. The van der Waals surface area contributed by atoms with Crippen LogP contribution in [0.5, 0.6) is 0 Å². The highest BCUT2D eigenvalue weighted by atomic mass is 35.5. The summed E-state index contributed by atoms with van der Waals surface area (Å²) in [5.41, 5.74) is 2.08. The van der Waals surface area contributed by atoms with Gasteiger partial charge in [0.15, 0.2) is 24.8 Å². The maximum Gasteiger partial charge on any atom is 0.599 e. The Labute approximate surface area is 124 Å². The van der Waals surface area contributed by atoms with Crippen LogP contribution in [0, 0.1) is 0 Å². The number of hydrogen-bond acceptors (Lipinski definition) is 1. The van der Waals surface area contributed by atoms with Gasteiger partial charge in [-0.15, -0.1) is 0 Å². The summed E-state index contributed by atoms with van der Waals surface area (Å²) in [5.74, 6) is 0. The summed E-state index contributed by atoms with van der Waals surface area (Å²) in [6, 6.07) is 7.62. The zero-order valence-electron chi connectivity index (χ0n) is 10.3. The van der Waals surface area contributed by atoms with Crippen molar-refractivity contribution in [2.75, 3.05) is 0 Å². The maximum atomic E-state index is 10.7. The minimum absolute atomic E-state index is 0. The minimum Gasteiger partial charge on any atom is -1.00 e. The van der Waals surface area contributed by atoms with Crippen molar-refractivity contribution in [2.24, 2.45) is 0 Å². The van der Waals surface area contributed by atoms with Gasteiger partial charge >= 0.3 is 6.09 Å². The summed E-state index contributed by atoms with van der Waals surface area (Å²) in [7, 11) is 0. The fraction of sp³-hybridized carbons (Fsp3) is 0.154. The third-order valence-corrected chi connectivity index (χ3v) is 2.64. The van der Waals surface area contributed by atoms with Crippen molar-refractivity contribution in [3.63, 3.8) is 0 Å². The fourth-order valence-electron chi connectivity index (χ4n) is 1.61. The molecular formula is C13H14Cl2N2O2. The van der Waals surface area contributed by atoms with Crippen molar-refractivity contribution in [3.05, 3.63) is 49.1 Å². The van der Waals surface area contributed by atoms with Gasteiger partial charge in [0, 0.05) is 24.3 Å². The molecule has 0 saturated heterocycles. The zero-order chi connectivity index (χ0) is 12.3. The van der Waals surface area contributed by atoms with Gasteiger partial charge in [0.05, 0.1) is 0 Å². The number of pyridine rings is 2. The first-order valence-electron chi connectivity index (χ1n) is 5.45. The summed E-state index contributed by atoms with van der Waals surface area (Å²) < 4.78 is 3.20. The van der Waals surface area contributed by atoms with Gasteiger partial charge in [-0.25, -0.2) is 4.57 Å². The normalized spacial score (nSPS) is 9.11. The Morgan fingerprint density at radius 1 is 1.00 bits per heavy atom. The Bertz CT molecular complexity index is 527. The molecule has 0 radical (unpaired) electrons. The number of carboxylic acid groups (broad SMARTS) is 1. The highest BCUT2D eigenvalue weighted by molar-refractivity contribution is 5.62. The SMILES string of the molecule is CC[n+]1ccc(-c2cc[n+](C(=O)O)cc2)cc1.[Cl-].[Cl-]. The van der Waals surface area contributed by atoms with Crippen LogP contribution in [0.2, 0.25) is 0 Å². The van der Waals surface area contributed by atoms with Gasteiger partial charge < -0.3 is 29.9 Å². The van der Waals surface area contributed by atoms with Gasteiger partial charge in [0.2, 0.25) is 0 Å². The van der Waals surface area contributed by atoms with Crippen LogP contribution in [0.3, 0.4) is 0 Å². The van der Waals surface area contributed by atoms with Crippen molar-refractivity contribution >= 4 is 6.09 Å². The molecule has 0 amide bonds. The molecule has 2 heterocycles. The summed E-state index contributed by atoms with van der Waals surface area (Å²) >= 11 is 0. The van der Waals surface area contributed by atoms with Crippen LogP contribution in [0.1, 0.15) is 6.92 Å². The first-order valence-corrected chi connectivity index (χ1v) is 5.45.